The van der Waals surface area contributed by atoms with Crippen LogP contribution in [0, 0.1) is 0 Å². The summed E-state index contributed by atoms with van der Waals surface area (Å²) in [6.07, 6.45) is -0.843. The maximum atomic E-state index is 10.6. The van der Waals surface area contributed by atoms with E-state index in [-0.39, 0.29) is 6.04 Å². The number of carbonyl (C=O) groups is 1. The first kappa shape index (κ1) is 18.4. The number of alkyl halides is 2. The van der Waals surface area contributed by atoms with Crippen molar-refractivity contribution in [3.8, 4) is 0 Å². The van der Waals surface area contributed by atoms with E-state index in [0.29, 0.717) is 6.04 Å². The molecule has 1 heterocycles. The quantitative estimate of drug-likeness (QED) is 0.741. The number of carboxylic acids is 1. The molecule has 0 aromatic heterocycles. The zero-order valence-corrected chi connectivity index (χ0v) is 13.1. The summed E-state index contributed by atoms with van der Waals surface area (Å²) in [5.74, 6) is -2.07. The molecule has 7 heteroatoms. The Bertz CT molecular complexity index is 480. The second-order valence-electron chi connectivity index (χ2n) is 4.93. The van der Waals surface area contributed by atoms with Gasteiger partial charge in [0.05, 0.1) is 11.0 Å². The predicted molar refractivity (Wildman–Crippen MR) is 85.3 cm³/mol. The minimum Gasteiger partial charge on any atom is -0.477 e. The van der Waals surface area contributed by atoms with Crippen molar-refractivity contribution in [3.63, 3.8) is 0 Å². The summed E-state index contributed by atoms with van der Waals surface area (Å²) in [7, 11) is 0. The molecule has 0 spiro atoms. The molecule has 2 rings (SSSR count). The van der Waals surface area contributed by atoms with Crippen molar-refractivity contribution in [2.24, 2.45) is 0 Å². The van der Waals surface area contributed by atoms with Gasteiger partial charge in [-0.15, -0.1) is 0 Å². The van der Waals surface area contributed by atoms with Crippen LogP contribution in [0.2, 0.25) is 0 Å². The maximum Gasteiger partial charge on any atom is 0.371 e. The third kappa shape index (κ3) is 6.44. The summed E-state index contributed by atoms with van der Waals surface area (Å²) in [5.41, 5.74) is 1.28. The van der Waals surface area contributed by atoms with E-state index in [0.717, 1.165) is 18.0 Å². The minimum absolute atomic E-state index is 0.288. The average molecular weight is 330 g/mol. The minimum atomic E-state index is -3.23. The lowest BCUT2D eigenvalue weighted by atomic mass is 10.1. The van der Waals surface area contributed by atoms with E-state index in [2.05, 4.69) is 41.8 Å². The largest absolute Gasteiger partial charge is 0.477 e. The second-order valence-corrected chi connectivity index (χ2v) is 5.37. The molecule has 1 aromatic rings. The Kier molecular flexibility index (Phi) is 7.90. The monoisotopic (exact) mass is 330 g/mol. The summed E-state index contributed by atoms with van der Waals surface area (Å²) < 4.78 is 21.1. The van der Waals surface area contributed by atoms with E-state index in [4.69, 9.17) is 22.1 Å². The summed E-state index contributed by atoms with van der Waals surface area (Å²) in [5, 5.41) is 14.1. The molecule has 0 radical (unpaired) electrons. The van der Waals surface area contributed by atoms with Crippen LogP contribution in [-0.2, 0) is 4.79 Å². The van der Waals surface area contributed by atoms with Crippen LogP contribution < -0.4 is 10.6 Å². The van der Waals surface area contributed by atoms with Gasteiger partial charge in [0.2, 0.25) is 0 Å². The van der Waals surface area contributed by atoms with Crippen LogP contribution in [-0.4, -0.2) is 35.1 Å². The maximum absolute atomic E-state index is 10.6. The second kappa shape index (κ2) is 9.42. The molecule has 1 saturated heterocycles. The van der Waals surface area contributed by atoms with Crippen LogP contribution in [0.5, 0.6) is 0 Å². The number of halogens is 2. The Morgan fingerprint density at radius 2 is 2.00 bits per heavy atom. The Morgan fingerprint density at radius 3 is 2.45 bits per heavy atom. The van der Waals surface area contributed by atoms with Crippen molar-refractivity contribution in [1.29, 1.82) is 0 Å². The van der Waals surface area contributed by atoms with Gasteiger partial charge in [0.15, 0.2) is 0 Å². The normalized spacial score (nSPS) is 18.3. The number of hydrogen-bond donors (Lipinski definition) is 3. The molecule has 4 nitrogen and oxygen atoms in total. The third-order valence-electron chi connectivity index (χ3n) is 3.22. The summed E-state index contributed by atoms with van der Waals surface area (Å²) in [6, 6.07) is 11.1. The zero-order valence-electron chi connectivity index (χ0n) is 12.3. The highest BCUT2D eigenvalue weighted by molar-refractivity contribution is 7.80. The van der Waals surface area contributed by atoms with E-state index in [1.165, 1.54) is 12.0 Å². The van der Waals surface area contributed by atoms with Gasteiger partial charge in [0.25, 0.3) is 0 Å². The first-order valence-corrected chi connectivity index (χ1v) is 7.42. The van der Waals surface area contributed by atoms with E-state index in [1.54, 1.807) is 0 Å². The number of thiocarbonyl (C=S) groups is 1. The van der Waals surface area contributed by atoms with Crippen molar-refractivity contribution in [1.82, 2.24) is 10.6 Å². The number of rotatable bonds is 4. The van der Waals surface area contributed by atoms with Gasteiger partial charge < -0.3 is 15.7 Å². The van der Waals surface area contributed by atoms with Gasteiger partial charge >= 0.3 is 12.4 Å². The van der Waals surface area contributed by atoms with Gasteiger partial charge in [0, 0.05) is 6.04 Å². The van der Waals surface area contributed by atoms with Crippen LogP contribution in [0.1, 0.15) is 31.4 Å². The fourth-order valence-corrected chi connectivity index (χ4v) is 2.43. The molecule has 3 N–H and O–H groups in total. The number of hydrogen-bond acceptors (Lipinski definition) is 3. The lowest BCUT2D eigenvalue weighted by molar-refractivity contribution is -0.149. The van der Waals surface area contributed by atoms with Crippen LogP contribution in [0.25, 0.3) is 0 Å². The molecular formula is C15H20F2N2O2S. The predicted octanol–water partition coefficient (Wildman–Crippen LogP) is 2.75. The zero-order chi connectivity index (χ0) is 16.5. The molecule has 122 valence electrons. The highest BCUT2D eigenvalue weighted by Gasteiger charge is 2.19. The fourth-order valence-electron chi connectivity index (χ4n) is 2.05. The van der Waals surface area contributed by atoms with Crippen LogP contribution in [0.3, 0.4) is 0 Å². The molecule has 1 aliphatic rings. The summed E-state index contributed by atoms with van der Waals surface area (Å²) in [4.78, 5) is 9.90. The van der Waals surface area contributed by atoms with Crippen LogP contribution in [0.4, 0.5) is 8.78 Å². The molecule has 0 unspecified atom stereocenters. The Labute approximate surface area is 133 Å². The molecule has 0 saturated carbocycles. The smallest absolute Gasteiger partial charge is 0.371 e. The van der Waals surface area contributed by atoms with Gasteiger partial charge in [-0.1, -0.05) is 42.5 Å². The lowest BCUT2D eigenvalue weighted by Crippen LogP contribution is -2.40. The molecular weight excluding hydrogens is 310 g/mol. The van der Waals surface area contributed by atoms with Crippen molar-refractivity contribution in [2.45, 2.75) is 38.3 Å². The molecule has 0 aliphatic carbocycles. The molecule has 1 aliphatic heterocycles. The van der Waals surface area contributed by atoms with Gasteiger partial charge in [-0.3, -0.25) is 0 Å². The molecule has 0 amide bonds. The topological polar surface area (TPSA) is 61.4 Å². The number of carboxylic acid groups (broad SMARTS) is 1. The van der Waals surface area contributed by atoms with Crippen molar-refractivity contribution in [2.75, 3.05) is 6.54 Å². The van der Waals surface area contributed by atoms with Crippen molar-refractivity contribution >= 4 is 23.2 Å². The Morgan fingerprint density at radius 1 is 1.41 bits per heavy atom. The molecule has 22 heavy (non-hydrogen) atoms. The first-order chi connectivity index (χ1) is 10.4. The van der Waals surface area contributed by atoms with Gasteiger partial charge in [-0.2, -0.15) is 8.78 Å². The van der Waals surface area contributed by atoms with Gasteiger partial charge in [0.1, 0.15) is 0 Å². The summed E-state index contributed by atoms with van der Waals surface area (Å²) >= 11 is 5.42. The average Bonchev–Trinajstić information content (AvgIpc) is 3.03. The highest BCUT2D eigenvalue weighted by Crippen LogP contribution is 2.13. The van der Waals surface area contributed by atoms with Crippen molar-refractivity contribution < 1.29 is 18.7 Å². The highest BCUT2D eigenvalue weighted by atomic mass is 32.1. The third-order valence-corrected chi connectivity index (χ3v) is 3.62. The number of nitrogens with one attached hydrogen (secondary N) is 2. The summed E-state index contributed by atoms with van der Waals surface area (Å²) in [6.45, 7) is 3.24. The first-order valence-electron chi connectivity index (χ1n) is 7.01. The van der Waals surface area contributed by atoms with E-state index < -0.39 is 12.4 Å². The van der Waals surface area contributed by atoms with Gasteiger partial charge in [-0.05, 0) is 31.9 Å². The standard InChI is InChI=1S/C13H18N2S.C2H2F2O2/c1-10(11-6-3-2-4-7-11)15-13(16)12-8-5-9-14-12;3-1(4)2(5)6/h2-4,6-7,10,12,14H,5,8-9H2,1H3,(H,15,16);1H,(H,5,6)/t10-,12+;/m1./s1. The van der Waals surface area contributed by atoms with Crippen LogP contribution in [0.15, 0.2) is 30.3 Å². The molecule has 1 aromatic carbocycles. The fraction of sp³-hybridized carbons (Fsp3) is 0.467. The lowest BCUT2D eigenvalue weighted by Gasteiger charge is -2.20. The molecule has 1 fully saturated rings. The van der Waals surface area contributed by atoms with E-state index >= 15 is 0 Å². The Balaban J connectivity index is 0.000000346. The molecule has 2 atom stereocenters. The van der Waals surface area contributed by atoms with Crippen LogP contribution >= 0.6 is 12.2 Å². The Hall–Kier alpha value is -1.60. The van der Waals surface area contributed by atoms with Crippen molar-refractivity contribution in [3.05, 3.63) is 35.9 Å². The SMILES string of the molecule is C[C@@H](NC(=S)[C@@H]1CCCN1)c1ccccc1.O=C(O)C(F)F. The number of benzene rings is 1. The molecule has 0 bridgehead atoms. The van der Waals surface area contributed by atoms with E-state index in [9.17, 15) is 8.78 Å². The van der Waals surface area contributed by atoms with Gasteiger partial charge in [-0.25, -0.2) is 4.79 Å². The van der Waals surface area contributed by atoms with E-state index in [1.807, 2.05) is 6.07 Å². The number of aliphatic carboxylic acids is 1.